The first kappa shape index (κ1) is 17.6. The van der Waals surface area contributed by atoms with Crippen LogP contribution in [0.25, 0.3) is 0 Å². The summed E-state index contributed by atoms with van der Waals surface area (Å²) in [6.07, 6.45) is -6.24. The number of rotatable bonds is 6. The molecule has 0 bridgehead atoms. The van der Waals surface area contributed by atoms with E-state index in [0.29, 0.717) is 18.5 Å². The maximum Gasteiger partial charge on any atom is 0.229 e. The monoisotopic (exact) mass is 328 g/mol. The molecule has 1 aromatic carbocycles. The van der Waals surface area contributed by atoms with Gasteiger partial charge in [0.1, 0.15) is 30.7 Å². The van der Waals surface area contributed by atoms with Crippen LogP contribution in [-0.4, -0.2) is 70.6 Å². The van der Waals surface area contributed by atoms with Crippen molar-refractivity contribution in [3.05, 3.63) is 23.8 Å². The molecule has 1 fully saturated rings. The average molecular weight is 328 g/mol. The summed E-state index contributed by atoms with van der Waals surface area (Å²) in [5.74, 6) is 0.468. The Balaban J connectivity index is 2.21. The van der Waals surface area contributed by atoms with Crippen molar-refractivity contribution < 1.29 is 39.4 Å². The van der Waals surface area contributed by atoms with Gasteiger partial charge in [-0.05, 0) is 25.1 Å². The normalized spacial score (nSPS) is 30.7. The van der Waals surface area contributed by atoms with Gasteiger partial charge in [0, 0.05) is 5.56 Å². The van der Waals surface area contributed by atoms with Gasteiger partial charge in [-0.2, -0.15) is 0 Å². The van der Waals surface area contributed by atoms with Crippen LogP contribution in [0.4, 0.5) is 0 Å². The molecular formula is C15H20O8. The van der Waals surface area contributed by atoms with E-state index in [1.54, 1.807) is 6.92 Å². The van der Waals surface area contributed by atoms with Gasteiger partial charge in [0.05, 0.1) is 13.2 Å². The van der Waals surface area contributed by atoms with E-state index in [9.17, 15) is 20.1 Å². The molecule has 1 aliphatic heterocycles. The minimum Gasteiger partial charge on any atom is -0.490 e. The summed E-state index contributed by atoms with van der Waals surface area (Å²) in [6, 6.07) is 4.43. The van der Waals surface area contributed by atoms with E-state index in [1.807, 2.05) is 0 Å². The van der Waals surface area contributed by atoms with E-state index in [2.05, 4.69) is 0 Å². The van der Waals surface area contributed by atoms with Crippen molar-refractivity contribution >= 4 is 6.29 Å². The number of hydrogen-bond acceptors (Lipinski definition) is 8. The van der Waals surface area contributed by atoms with E-state index in [1.165, 1.54) is 18.2 Å². The standard InChI is InChI=1S/C15H20O8/c1-2-21-10-5-8(6-16)3-4-9(10)22-15-14(20)13(19)12(18)11(7-17)23-15/h3-6,11-15,17-20H,2,7H2,1H3/t11-,12-,13+,14-,15+/m1/s1. The smallest absolute Gasteiger partial charge is 0.229 e. The molecular weight excluding hydrogens is 308 g/mol. The Labute approximate surface area is 132 Å². The minimum absolute atomic E-state index is 0.196. The predicted molar refractivity (Wildman–Crippen MR) is 77.4 cm³/mol. The molecule has 8 heteroatoms. The lowest BCUT2D eigenvalue weighted by Crippen LogP contribution is -2.60. The first-order chi connectivity index (χ1) is 11.0. The van der Waals surface area contributed by atoms with Crippen LogP contribution in [-0.2, 0) is 4.74 Å². The van der Waals surface area contributed by atoms with Crippen LogP contribution in [0.2, 0.25) is 0 Å². The van der Waals surface area contributed by atoms with Crippen LogP contribution in [0.15, 0.2) is 18.2 Å². The van der Waals surface area contributed by atoms with Crippen molar-refractivity contribution in [2.45, 2.75) is 37.6 Å². The summed E-state index contributed by atoms with van der Waals surface area (Å²) in [5, 5.41) is 38.6. The molecule has 4 N–H and O–H groups in total. The quantitative estimate of drug-likeness (QED) is 0.494. The third-order valence-electron chi connectivity index (χ3n) is 3.50. The summed E-state index contributed by atoms with van der Waals surface area (Å²) < 4.78 is 16.1. The zero-order valence-electron chi connectivity index (χ0n) is 12.5. The summed E-state index contributed by atoms with van der Waals surface area (Å²) in [4.78, 5) is 10.8. The number of benzene rings is 1. The van der Waals surface area contributed by atoms with Crippen LogP contribution in [0.3, 0.4) is 0 Å². The van der Waals surface area contributed by atoms with Gasteiger partial charge in [-0.15, -0.1) is 0 Å². The third kappa shape index (κ3) is 3.80. The van der Waals surface area contributed by atoms with Crippen molar-refractivity contribution in [3.63, 3.8) is 0 Å². The summed E-state index contributed by atoms with van der Waals surface area (Å²) in [7, 11) is 0. The second-order valence-electron chi connectivity index (χ2n) is 5.07. The topological polar surface area (TPSA) is 126 Å². The second-order valence-corrected chi connectivity index (χ2v) is 5.07. The number of aliphatic hydroxyl groups is 4. The molecule has 0 spiro atoms. The molecule has 1 saturated heterocycles. The number of carbonyl (C=O) groups is 1. The van der Waals surface area contributed by atoms with E-state index in [4.69, 9.17) is 19.3 Å². The lowest BCUT2D eigenvalue weighted by atomic mass is 9.99. The fourth-order valence-electron chi connectivity index (χ4n) is 2.25. The Morgan fingerprint density at radius 3 is 2.52 bits per heavy atom. The summed E-state index contributed by atoms with van der Waals surface area (Å²) >= 11 is 0. The lowest BCUT2D eigenvalue weighted by molar-refractivity contribution is -0.277. The molecule has 8 nitrogen and oxygen atoms in total. The Bertz CT molecular complexity index is 532. The van der Waals surface area contributed by atoms with Gasteiger partial charge in [0.2, 0.25) is 6.29 Å². The summed E-state index contributed by atoms with van der Waals surface area (Å²) in [6.45, 7) is 1.53. The molecule has 1 aromatic rings. The highest BCUT2D eigenvalue weighted by Crippen LogP contribution is 2.31. The Hall–Kier alpha value is -1.71. The molecule has 0 aromatic heterocycles. The van der Waals surface area contributed by atoms with Crippen molar-refractivity contribution in [3.8, 4) is 11.5 Å². The number of aliphatic hydroxyl groups excluding tert-OH is 4. The largest absolute Gasteiger partial charge is 0.490 e. The molecule has 1 heterocycles. The molecule has 128 valence electrons. The maximum absolute atomic E-state index is 10.8. The number of carbonyl (C=O) groups excluding carboxylic acids is 1. The molecule has 2 rings (SSSR count). The number of hydrogen-bond donors (Lipinski definition) is 4. The van der Waals surface area contributed by atoms with Gasteiger partial charge in [0.25, 0.3) is 0 Å². The molecule has 0 unspecified atom stereocenters. The van der Waals surface area contributed by atoms with Crippen LogP contribution >= 0.6 is 0 Å². The van der Waals surface area contributed by atoms with Gasteiger partial charge in [-0.3, -0.25) is 4.79 Å². The van der Waals surface area contributed by atoms with Gasteiger partial charge in [-0.25, -0.2) is 0 Å². The number of aldehydes is 1. The van der Waals surface area contributed by atoms with Crippen molar-refractivity contribution in [1.29, 1.82) is 0 Å². The van der Waals surface area contributed by atoms with Gasteiger partial charge in [-0.1, -0.05) is 0 Å². The zero-order chi connectivity index (χ0) is 17.0. The third-order valence-corrected chi connectivity index (χ3v) is 3.50. The molecule has 0 amide bonds. The van der Waals surface area contributed by atoms with Gasteiger partial charge in [0.15, 0.2) is 11.5 Å². The second kappa shape index (κ2) is 7.71. The molecule has 0 radical (unpaired) electrons. The first-order valence-corrected chi connectivity index (χ1v) is 7.21. The van der Waals surface area contributed by atoms with Crippen LogP contribution in [0.5, 0.6) is 11.5 Å². The zero-order valence-corrected chi connectivity index (χ0v) is 12.5. The van der Waals surface area contributed by atoms with Crippen LogP contribution in [0, 0.1) is 0 Å². The Morgan fingerprint density at radius 1 is 1.17 bits per heavy atom. The fraction of sp³-hybridized carbons (Fsp3) is 0.533. The van der Waals surface area contributed by atoms with Crippen LogP contribution < -0.4 is 9.47 Å². The number of ether oxygens (including phenoxy) is 3. The van der Waals surface area contributed by atoms with Gasteiger partial charge < -0.3 is 34.6 Å². The Morgan fingerprint density at radius 2 is 1.91 bits per heavy atom. The molecule has 0 aliphatic carbocycles. The highest BCUT2D eigenvalue weighted by molar-refractivity contribution is 5.76. The molecule has 5 atom stereocenters. The van der Waals surface area contributed by atoms with Crippen molar-refractivity contribution in [1.82, 2.24) is 0 Å². The predicted octanol–water partition coefficient (Wildman–Crippen LogP) is -0.924. The van der Waals surface area contributed by atoms with E-state index < -0.39 is 37.3 Å². The highest BCUT2D eigenvalue weighted by Gasteiger charge is 2.44. The fourth-order valence-corrected chi connectivity index (χ4v) is 2.25. The summed E-state index contributed by atoms with van der Waals surface area (Å²) in [5.41, 5.74) is 0.384. The van der Waals surface area contributed by atoms with Gasteiger partial charge >= 0.3 is 0 Å². The molecule has 23 heavy (non-hydrogen) atoms. The first-order valence-electron chi connectivity index (χ1n) is 7.21. The highest BCUT2D eigenvalue weighted by atomic mass is 16.7. The van der Waals surface area contributed by atoms with E-state index in [-0.39, 0.29) is 11.5 Å². The SMILES string of the molecule is CCOc1cc(C=O)ccc1O[C@H]1O[C@H](CO)[C@@H](O)[C@H](O)[C@H]1O. The average Bonchev–Trinajstić information content (AvgIpc) is 2.56. The molecule has 1 aliphatic rings. The van der Waals surface area contributed by atoms with E-state index >= 15 is 0 Å². The van der Waals surface area contributed by atoms with E-state index in [0.717, 1.165) is 0 Å². The van der Waals surface area contributed by atoms with Crippen molar-refractivity contribution in [2.24, 2.45) is 0 Å². The Kier molecular flexibility index (Phi) is 5.91. The maximum atomic E-state index is 10.8. The van der Waals surface area contributed by atoms with Crippen molar-refractivity contribution in [2.75, 3.05) is 13.2 Å². The minimum atomic E-state index is -1.53. The molecule has 0 saturated carbocycles. The lowest BCUT2D eigenvalue weighted by Gasteiger charge is -2.39. The van der Waals surface area contributed by atoms with Crippen LogP contribution in [0.1, 0.15) is 17.3 Å².